The van der Waals surface area contributed by atoms with Gasteiger partial charge in [-0.3, -0.25) is 48.2 Å². The number of aryl methyl sites for hydroxylation is 4. The third-order valence-corrected chi connectivity index (χ3v) is 12.0. The minimum Gasteiger partial charge on any atom is -0.493 e. The number of carbonyl (C=O) groups excluding carboxylic acids is 8. The number of benzene rings is 1. The van der Waals surface area contributed by atoms with Crippen molar-refractivity contribution in [1.29, 1.82) is 0 Å². The molecule has 0 spiro atoms. The summed E-state index contributed by atoms with van der Waals surface area (Å²) in [6, 6.07) is 8.80. The van der Waals surface area contributed by atoms with Gasteiger partial charge >= 0.3 is 5.97 Å². The zero-order valence-corrected chi connectivity index (χ0v) is 40.8. The van der Waals surface area contributed by atoms with Crippen LogP contribution < -0.4 is 20.7 Å². The number of Topliss-reactive ketones (excluding diaryl/α,β-unsaturated/α-hetero) is 1. The van der Waals surface area contributed by atoms with E-state index in [2.05, 4.69) is 27.9 Å². The summed E-state index contributed by atoms with van der Waals surface area (Å²) in [7, 11) is 5.11. The molecule has 7 rings (SSSR count). The quantitative estimate of drug-likeness (QED) is 0.0383. The van der Waals surface area contributed by atoms with Crippen molar-refractivity contribution >= 4 is 70.5 Å². The number of fused-ring (bicyclic) bond motifs is 2. The van der Waals surface area contributed by atoms with Gasteiger partial charge in [-0.1, -0.05) is 20.3 Å². The van der Waals surface area contributed by atoms with E-state index in [0.29, 0.717) is 84.8 Å². The smallest absolute Gasteiger partial charge is 0.305 e. The Morgan fingerprint density at radius 2 is 1.46 bits per heavy atom. The van der Waals surface area contributed by atoms with Crippen LogP contribution in [0.15, 0.2) is 66.1 Å². The van der Waals surface area contributed by atoms with Gasteiger partial charge in [-0.15, -0.1) is 0 Å². The number of anilines is 2. The molecule has 372 valence electrons. The standard InChI is InChI=1S/C35H43N7O8.C16H20N2O2/c1-5-30(44)37-24-18-26(40(3)21-24)29(43)17-23-16-27(39(2)20-23)35(49)38-25-19-28(41(4)22-25)34(48)36-13-9-15-50-33(47)10-7-6-8-14-42-31(45)11-12-32(42)46;1-3-7-20-15-9-14-13(8-11(15)2)16(19)18-6-4-5-12(18)10-17-14/h11-12,16,18-22H,5-10,13-15,17H2,1-4H3,(H,36,48)(H,37,44)(H,38,49);8-10,12H,3-7H2,1-2H3. The summed E-state index contributed by atoms with van der Waals surface area (Å²) < 4.78 is 15.8. The van der Waals surface area contributed by atoms with Crippen LogP contribution in [0.3, 0.4) is 0 Å². The van der Waals surface area contributed by atoms with Crippen molar-refractivity contribution in [1.82, 2.24) is 28.8 Å². The van der Waals surface area contributed by atoms with Gasteiger partial charge in [0.1, 0.15) is 17.1 Å². The van der Waals surface area contributed by atoms with E-state index in [1.165, 1.54) is 17.1 Å². The maximum atomic E-state index is 13.1. The minimum absolute atomic E-state index is 0.0559. The zero-order valence-electron chi connectivity index (χ0n) is 40.8. The van der Waals surface area contributed by atoms with E-state index < -0.39 is 5.91 Å². The summed E-state index contributed by atoms with van der Waals surface area (Å²) in [6.07, 6.45) is 15.3. The molecule has 1 atom stereocenters. The predicted octanol–water partition coefficient (Wildman–Crippen LogP) is 5.98. The molecular formula is C51H63N9O10. The Bertz CT molecular complexity index is 2670. The number of hydrogen-bond acceptors (Lipinski definition) is 11. The van der Waals surface area contributed by atoms with E-state index >= 15 is 0 Å². The van der Waals surface area contributed by atoms with Gasteiger partial charge in [0.2, 0.25) is 5.91 Å². The lowest BCUT2D eigenvalue weighted by Gasteiger charge is -2.20. The molecule has 3 aliphatic heterocycles. The lowest BCUT2D eigenvalue weighted by Crippen LogP contribution is -2.35. The van der Waals surface area contributed by atoms with E-state index in [1.54, 1.807) is 78.6 Å². The summed E-state index contributed by atoms with van der Waals surface area (Å²) in [5, 5.41) is 8.32. The van der Waals surface area contributed by atoms with Crippen molar-refractivity contribution in [2.45, 2.75) is 91.0 Å². The molecule has 0 aliphatic carbocycles. The van der Waals surface area contributed by atoms with Gasteiger partial charge in [0, 0.05) is 103 Å². The van der Waals surface area contributed by atoms with Crippen molar-refractivity contribution in [3.05, 3.63) is 94.8 Å². The van der Waals surface area contributed by atoms with Crippen LogP contribution in [0.25, 0.3) is 0 Å². The van der Waals surface area contributed by atoms with Gasteiger partial charge in [0.05, 0.1) is 47.6 Å². The van der Waals surface area contributed by atoms with Crippen LogP contribution in [-0.2, 0) is 51.5 Å². The van der Waals surface area contributed by atoms with Gasteiger partial charge < -0.3 is 44.0 Å². The fourth-order valence-electron chi connectivity index (χ4n) is 8.28. The number of hydrogen-bond donors (Lipinski definition) is 3. The molecule has 3 N–H and O–H groups in total. The van der Waals surface area contributed by atoms with Crippen LogP contribution in [0.5, 0.6) is 5.75 Å². The summed E-state index contributed by atoms with van der Waals surface area (Å²) in [4.78, 5) is 106. The Balaban J connectivity index is 0.000000331. The van der Waals surface area contributed by atoms with Crippen molar-refractivity contribution in [2.75, 3.05) is 43.5 Å². The molecule has 1 fully saturated rings. The lowest BCUT2D eigenvalue weighted by atomic mass is 10.1. The third kappa shape index (κ3) is 13.4. The van der Waals surface area contributed by atoms with Gasteiger partial charge in [0.25, 0.3) is 29.5 Å². The number of carbonyl (C=O) groups is 8. The van der Waals surface area contributed by atoms with Crippen molar-refractivity contribution in [2.24, 2.45) is 26.1 Å². The molecule has 3 aromatic heterocycles. The Morgan fingerprint density at radius 3 is 2.19 bits per heavy atom. The number of ether oxygens (including phenoxy) is 2. The number of unbranched alkanes of at least 4 members (excludes halogenated alkanes) is 2. The Labute approximate surface area is 407 Å². The van der Waals surface area contributed by atoms with Crippen LogP contribution in [0, 0.1) is 6.92 Å². The van der Waals surface area contributed by atoms with E-state index in [1.807, 2.05) is 30.2 Å². The predicted molar refractivity (Wildman–Crippen MR) is 263 cm³/mol. The summed E-state index contributed by atoms with van der Waals surface area (Å²) in [5.41, 5.74) is 5.11. The van der Waals surface area contributed by atoms with Crippen LogP contribution >= 0.6 is 0 Å². The largest absolute Gasteiger partial charge is 0.493 e. The molecule has 1 saturated heterocycles. The highest BCUT2D eigenvalue weighted by atomic mass is 16.5. The molecule has 4 aromatic rings. The van der Waals surface area contributed by atoms with Crippen LogP contribution in [0.1, 0.15) is 125 Å². The van der Waals surface area contributed by atoms with E-state index in [-0.39, 0.29) is 73.3 Å². The topological polar surface area (TPSA) is 225 Å². The minimum atomic E-state index is -0.414. The van der Waals surface area contributed by atoms with Crippen LogP contribution in [0.2, 0.25) is 0 Å². The number of nitrogens with one attached hydrogen (secondary N) is 3. The molecule has 3 aliphatic rings. The number of aromatic nitrogens is 3. The van der Waals surface area contributed by atoms with E-state index in [0.717, 1.165) is 42.8 Å². The van der Waals surface area contributed by atoms with E-state index in [9.17, 15) is 38.4 Å². The molecule has 0 bridgehead atoms. The lowest BCUT2D eigenvalue weighted by molar-refractivity contribution is -0.144. The molecule has 1 unspecified atom stereocenters. The Morgan fingerprint density at radius 1 is 0.771 bits per heavy atom. The number of ketones is 1. The molecule has 19 nitrogen and oxygen atoms in total. The van der Waals surface area contributed by atoms with Gasteiger partial charge in [-0.25, -0.2) is 0 Å². The van der Waals surface area contributed by atoms with E-state index in [4.69, 9.17) is 9.47 Å². The molecule has 6 heterocycles. The first kappa shape index (κ1) is 51.8. The highest BCUT2D eigenvalue weighted by Gasteiger charge is 2.32. The number of imide groups is 1. The maximum Gasteiger partial charge on any atom is 0.305 e. The number of aliphatic imine (C=N–C) groups is 1. The molecule has 1 aromatic carbocycles. The van der Waals surface area contributed by atoms with Crippen LogP contribution in [0.4, 0.5) is 17.1 Å². The normalized spacial score (nSPS) is 14.7. The Hall–Kier alpha value is -7.57. The fourth-order valence-corrected chi connectivity index (χ4v) is 8.28. The summed E-state index contributed by atoms with van der Waals surface area (Å²) >= 11 is 0. The highest BCUT2D eigenvalue weighted by molar-refractivity contribution is 6.13. The second kappa shape index (κ2) is 24.1. The third-order valence-electron chi connectivity index (χ3n) is 12.0. The van der Waals surface area contributed by atoms with Crippen molar-refractivity contribution in [3.63, 3.8) is 0 Å². The number of rotatable bonds is 21. The second-order valence-corrected chi connectivity index (χ2v) is 17.5. The summed E-state index contributed by atoms with van der Waals surface area (Å²) in [5.74, 6) is -1.14. The highest BCUT2D eigenvalue weighted by Crippen LogP contribution is 2.34. The SMILES string of the molecule is CCC(=O)Nc1cc(C(=O)Cc2cc(C(=O)Nc3cc(C(=O)NCCCOC(=O)CCCCCN4C(=O)C=CC4=O)n(C)c3)n(C)c2)n(C)c1.CCCOc1cc2c(cc1C)C(=O)N1CCCC1C=N2. The van der Waals surface area contributed by atoms with Crippen LogP contribution in [-0.4, -0.2) is 116 Å². The number of amides is 6. The first-order valence-corrected chi connectivity index (χ1v) is 23.8. The zero-order chi connectivity index (χ0) is 50.5. The molecule has 19 heteroatoms. The molecule has 0 radical (unpaired) electrons. The molecule has 6 amide bonds. The fraction of sp³-hybridized carbons (Fsp3) is 0.431. The van der Waals surface area contributed by atoms with Crippen molar-refractivity contribution < 1.29 is 47.8 Å². The molecular weight excluding hydrogens is 899 g/mol. The first-order valence-electron chi connectivity index (χ1n) is 23.8. The maximum absolute atomic E-state index is 13.1. The van der Waals surface area contributed by atoms with Gasteiger partial charge in [-0.2, -0.15) is 0 Å². The van der Waals surface area contributed by atoms with Gasteiger partial charge in [0.15, 0.2) is 5.78 Å². The second-order valence-electron chi connectivity index (χ2n) is 17.5. The Kier molecular flexibility index (Phi) is 17.9. The summed E-state index contributed by atoms with van der Waals surface area (Å²) in [6.45, 7) is 8.06. The number of nitrogens with zero attached hydrogens (tertiary/aromatic N) is 6. The monoisotopic (exact) mass is 961 g/mol. The first-order chi connectivity index (χ1) is 33.6. The average Bonchev–Trinajstić information content (AvgIpc) is 4.16. The number of esters is 1. The van der Waals surface area contributed by atoms with Gasteiger partial charge in [-0.05, 0) is 80.8 Å². The average molecular weight is 962 g/mol. The van der Waals surface area contributed by atoms with Crippen molar-refractivity contribution in [3.8, 4) is 5.75 Å². The molecule has 70 heavy (non-hydrogen) atoms. The molecule has 0 saturated carbocycles.